The third-order valence-corrected chi connectivity index (χ3v) is 15.0. The topological polar surface area (TPSA) is 8.17 Å². The fourth-order valence-electron chi connectivity index (χ4n) is 11.8. The van der Waals surface area contributed by atoms with E-state index >= 15 is 0 Å². The Morgan fingerprint density at radius 2 is 0.831 bits per heavy atom. The van der Waals surface area contributed by atoms with Gasteiger partial charge < -0.3 is 9.47 Å². The number of aromatic nitrogens is 1. The van der Waals surface area contributed by atoms with E-state index in [-0.39, 0.29) is 0 Å². The van der Waals surface area contributed by atoms with Crippen molar-refractivity contribution >= 4 is 60.4 Å². The maximum Gasteiger partial charge on any atom is 0.0714 e. The van der Waals surface area contributed by atoms with Gasteiger partial charge in [-0.15, -0.1) is 0 Å². The van der Waals surface area contributed by atoms with E-state index in [1.54, 1.807) is 0 Å². The molecule has 0 spiro atoms. The number of hydrogen-bond donors (Lipinski definition) is 0. The summed E-state index contributed by atoms with van der Waals surface area (Å²) in [6, 6.07) is 103. The third kappa shape index (κ3) is 6.57. The second kappa shape index (κ2) is 16.5. The number of nitrogens with zero attached hydrogens (tertiary/aromatic N) is 2. The smallest absolute Gasteiger partial charge is 0.0714 e. The fourth-order valence-corrected chi connectivity index (χ4v) is 11.8. The Kier molecular flexibility index (Phi) is 9.47. The largest absolute Gasteiger partial charge is 0.310 e. The summed E-state index contributed by atoms with van der Waals surface area (Å²) < 4.78 is 2.41. The molecular weight excluding hydrogens is 857 g/mol. The van der Waals surface area contributed by atoms with Crippen LogP contribution in [0.4, 0.5) is 17.1 Å². The first-order valence-corrected chi connectivity index (χ1v) is 24.6. The first kappa shape index (κ1) is 40.8. The molecule has 0 N–H and O–H groups in total. The number of anilines is 3. The van der Waals surface area contributed by atoms with Gasteiger partial charge >= 0.3 is 0 Å². The fraction of sp³-hybridized carbons (Fsp3) is 0.0145. The normalized spacial score (nSPS) is 12.6. The van der Waals surface area contributed by atoms with Crippen LogP contribution in [0.5, 0.6) is 0 Å². The Balaban J connectivity index is 0.943. The van der Waals surface area contributed by atoms with Crippen molar-refractivity contribution in [2.45, 2.75) is 5.41 Å². The van der Waals surface area contributed by atoms with Crippen molar-refractivity contribution in [2.75, 3.05) is 4.90 Å². The molecule has 0 fully saturated rings. The van der Waals surface area contributed by atoms with Crippen LogP contribution in [0.2, 0.25) is 0 Å². The summed E-state index contributed by atoms with van der Waals surface area (Å²) in [6.45, 7) is 0. The molecule has 12 aromatic carbocycles. The molecule has 71 heavy (non-hydrogen) atoms. The minimum absolute atomic E-state index is 0.528. The minimum atomic E-state index is -0.528. The monoisotopic (exact) mass is 902 g/mol. The molecule has 0 unspecified atom stereocenters. The molecule has 0 saturated carbocycles. The van der Waals surface area contributed by atoms with Gasteiger partial charge in [-0.05, 0) is 150 Å². The molecule has 1 aromatic heterocycles. The van der Waals surface area contributed by atoms with Gasteiger partial charge in [-0.3, -0.25) is 0 Å². The highest BCUT2D eigenvalue weighted by atomic mass is 15.1. The van der Waals surface area contributed by atoms with Crippen molar-refractivity contribution in [3.63, 3.8) is 0 Å². The Morgan fingerprint density at radius 1 is 0.282 bits per heavy atom. The molecule has 1 aliphatic carbocycles. The second-order valence-electron chi connectivity index (χ2n) is 18.9. The number of para-hydroxylation sites is 1. The van der Waals surface area contributed by atoms with Crippen molar-refractivity contribution in [3.8, 4) is 39.1 Å². The van der Waals surface area contributed by atoms with Gasteiger partial charge in [0.2, 0.25) is 0 Å². The van der Waals surface area contributed by atoms with E-state index in [0.717, 1.165) is 28.3 Å². The molecule has 1 heterocycles. The molecule has 0 aliphatic heterocycles. The second-order valence-corrected chi connectivity index (χ2v) is 18.9. The zero-order valence-electron chi connectivity index (χ0n) is 39.0. The number of rotatable bonds is 8. The van der Waals surface area contributed by atoms with E-state index in [4.69, 9.17) is 0 Å². The maximum atomic E-state index is 2.47. The van der Waals surface area contributed by atoms with E-state index in [9.17, 15) is 0 Å². The summed E-state index contributed by atoms with van der Waals surface area (Å²) in [5.41, 5.74) is 18.6. The first-order chi connectivity index (χ1) is 35.2. The van der Waals surface area contributed by atoms with Gasteiger partial charge in [-0.2, -0.15) is 0 Å². The van der Waals surface area contributed by atoms with Crippen LogP contribution in [0.25, 0.3) is 82.4 Å². The zero-order chi connectivity index (χ0) is 46.9. The molecule has 0 amide bonds. The molecule has 0 bridgehead atoms. The summed E-state index contributed by atoms with van der Waals surface area (Å²) in [5, 5.41) is 7.43. The van der Waals surface area contributed by atoms with E-state index in [2.05, 4.69) is 289 Å². The Hall–Kier alpha value is -9.24. The lowest BCUT2D eigenvalue weighted by molar-refractivity contribution is 0.768. The summed E-state index contributed by atoms with van der Waals surface area (Å²) in [7, 11) is 0. The molecular formula is C69H46N2. The SMILES string of the molecule is c1ccc(C2(c3ccccc3)c3ccccc3-c3ccc(N(c4ccc(-c5ccc6ccccc6c5)cc4)c4cccc(-c5ccc6c(c5)c5ccccc5n6-c5ccc6ccccc6c5)c4)cc32)cc1. The van der Waals surface area contributed by atoms with E-state index < -0.39 is 5.41 Å². The van der Waals surface area contributed by atoms with Crippen LogP contribution in [0.15, 0.2) is 279 Å². The zero-order valence-corrected chi connectivity index (χ0v) is 39.0. The lowest BCUT2D eigenvalue weighted by Gasteiger charge is -2.35. The molecule has 0 saturated heterocycles. The van der Waals surface area contributed by atoms with Crippen LogP contribution >= 0.6 is 0 Å². The number of hydrogen-bond acceptors (Lipinski definition) is 1. The van der Waals surface area contributed by atoms with Crippen LogP contribution in [0.3, 0.4) is 0 Å². The summed E-state index contributed by atoms with van der Waals surface area (Å²) in [6.07, 6.45) is 0. The number of fused-ring (bicyclic) bond motifs is 8. The average Bonchev–Trinajstić information content (AvgIpc) is 3.94. The van der Waals surface area contributed by atoms with Gasteiger partial charge in [-0.25, -0.2) is 0 Å². The van der Waals surface area contributed by atoms with Crippen LogP contribution in [0, 0.1) is 0 Å². The minimum Gasteiger partial charge on any atom is -0.310 e. The summed E-state index contributed by atoms with van der Waals surface area (Å²) in [4.78, 5) is 2.45. The molecule has 14 rings (SSSR count). The van der Waals surface area contributed by atoms with Crippen LogP contribution in [-0.2, 0) is 5.41 Å². The molecule has 0 atom stereocenters. The van der Waals surface area contributed by atoms with Gasteiger partial charge in [0.1, 0.15) is 0 Å². The van der Waals surface area contributed by atoms with Gasteiger partial charge in [0.15, 0.2) is 0 Å². The van der Waals surface area contributed by atoms with Crippen molar-refractivity contribution in [1.82, 2.24) is 4.57 Å². The van der Waals surface area contributed by atoms with Crippen molar-refractivity contribution < 1.29 is 0 Å². The van der Waals surface area contributed by atoms with Crippen molar-refractivity contribution in [3.05, 3.63) is 301 Å². The highest BCUT2D eigenvalue weighted by Gasteiger charge is 2.46. The summed E-state index contributed by atoms with van der Waals surface area (Å²) in [5.74, 6) is 0. The van der Waals surface area contributed by atoms with E-state index in [0.29, 0.717) is 0 Å². The standard InChI is InChI=1S/C69H46N2/c1-3-21-55(22-4-1)69(56-23-5-2-6-24-56)65-28-13-11-26-61(65)62-40-39-60(46-66(62)69)70(57-36-32-49(33-37-57)53-31-30-47-16-7-9-18-50(47)42-53)58-25-15-20-52(44-58)54-35-41-68-64(45-54)63-27-12-14-29-67(63)71(68)59-38-34-48-17-8-10-19-51(48)43-59/h1-46H. The predicted octanol–water partition coefficient (Wildman–Crippen LogP) is 18.3. The average molecular weight is 903 g/mol. The number of benzene rings is 12. The highest BCUT2D eigenvalue weighted by Crippen LogP contribution is 2.57. The van der Waals surface area contributed by atoms with Crippen molar-refractivity contribution in [1.29, 1.82) is 0 Å². The lowest BCUT2D eigenvalue weighted by Crippen LogP contribution is -2.28. The van der Waals surface area contributed by atoms with Crippen LogP contribution in [0.1, 0.15) is 22.3 Å². The van der Waals surface area contributed by atoms with E-state index in [1.807, 2.05) is 0 Å². The Bertz CT molecular complexity index is 4130. The van der Waals surface area contributed by atoms with Crippen LogP contribution in [-0.4, -0.2) is 4.57 Å². The van der Waals surface area contributed by atoms with Gasteiger partial charge in [-0.1, -0.05) is 206 Å². The van der Waals surface area contributed by atoms with Crippen molar-refractivity contribution in [2.24, 2.45) is 0 Å². The van der Waals surface area contributed by atoms with Crippen LogP contribution < -0.4 is 4.90 Å². The molecule has 1 aliphatic rings. The molecule has 13 aromatic rings. The molecule has 332 valence electrons. The third-order valence-electron chi connectivity index (χ3n) is 15.0. The van der Waals surface area contributed by atoms with Gasteiger partial charge in [0, 0.05) is 33.5 Å². The molecule has 2 heteroatoms. The Morgan fingerprint density at radius 3 is 1.61 bits per heavy atom. The molecule has 2 nitrogen and oxygen atoms in total. The van der Waals surface area contributed by atoms with Gasteiger partial charge in [0.25, 0.3) is 0 Å². The predicted molar refractivity (Wildman–Crippen MR) is 299 cm³/mol. The lowest BCUT2D eigenvalue weighted by atomic mass is 9.67. The Labute approximate surface area is 413 Å². The summed E-state index contributed by atoms with van der Waals surface area (Å²) >= 11 is 0. The highest BCUT2D eigenvalue weighted by molar-refractivity contribution is 6.11. The van der Waals surface area contributed by atoms with Gasteiger partial charge in [0.05, 0.1) is 16.4 Å². The van der Waals surface area contributed by atoms with E-state index in [1.165, 1.54) is 93.4 Å². The molecule has 0 radical (unpaired) electrons. The first-order valence-electron chi connectivity index (χ1n) is 24.6. The quantitative estimate of drug-likeness (QED) is 0.147. The maximum absolute atomic E-state index is 2.47.